The summed E-state index contributed by atoms with van der Waals surface area (Å²) in [6.07, 6.45) is -0.279. The van der Waals surface area contributed by atoms with Gasteiger partial charge in [-0.25, -0.2) is 4.98 Å². The summed E-state index contributed by atoms with van der Waals surface area (Å²) in [6.45, 7) is 3.94. The highest BCUT2D eigenvalue weighted by molar-refractivity contribution is 9.10. The molecule has 2 aromatic carbocycles. The predicted molar refractivity (Wildman–Crippen MR) is 136 cm³/mol. The van der Waals surface area contributed by atoms with Gasteiger partial charge < -0.3 is 14.6 Å². The Hall–Kier alpha value is -2.69. The van der Waals surface area contributed by atoms with E-state index in [0.717, 1.165) is 27.0 Å². The Bertz CT molecular complexity index is 1260. The number of nitrogens with one attached hydrogen (secondary N) is 1. The minimum absolute atomic E-state index is 0.148. The number of nitrogens with zero attached hydrogens (tertiary/aromatic N) is 4. The number of hydrogen-bond acceptors (Lipinski definition) is 7. The average molecular weight is 544 g/mol. The summed E-state index contributed by atoms with van der Waals surface area (Å²) in [5.74, 6) is 1.56. The van der Waals surface area contributed by atoms with E-state index >= 15 is 0 Å². The first kappa shape index (κ1) is 23.5. The first-order chi connectivity index (χ1) is 15.9. The lowest BCUT2D eigenvalue weighted by Crippen LogP contribution is -2.14. The van der Waals surface area contributed by atoms with Gasteiger partial charge in [0.1, 0.15) is 5.75 Å². The van der Waals surface area contributed by atoms with Crippen LogP contribution in [0.1, 0.15) is 24.4 Å². The molecule has 0 aliphatic rings. The van der Waals surface area contributed by atoms with Crippen molar-refractivity contribution in [1.82, 2.24) is 19.7 Å². The van der Waals surface area contributed by atoms with Gasteiger partial charge in [0.15, 0.2) is 22.2 Å². The number of anilines is 1. The third-order valence-corrected chi connectivity index (χ3v) is 7.16. The van der Waals surface area contributed by atoms with Crippen LogP contribution in [0.2, 0.25) is 0 Å². The van der Waals surface area contributed by atoms with E-state index in [-0.39, 0.29) is 17.8 Å². The van der Waals surface area contributed by atoms with Gasteiger partial charge in [0, 0.05) is 22.5 Å². The molecule has 0 saturated carbocycles. The fourth-order valence-electron chi connectivity index (χ4n) is 3.11. The van der Waals surface area contributed by atoms with Crippen molar-refractivity contribution in [3.8, 4) is 17.0 Å². The molecule has 4 rings (SSSR count). The smallest absolute Gasteiger partial charge is 0.236 e. The molecule has 7 nitrogen and oxygen atoms in total. The summed E-state index contributed by atoms with van der Waals surface area (Å²) in [5.41, 5.74) is 2.89. The third kappa shape index (κ3) is 5.82. The maximum Gasteiger partial charge on any atom is 0.236 e. The van der Waals surface area contributed by atoms with Crippen molar-refractivity contribution >= 4 is 50.1 Å². The van der Waals surface area contributed by atoms with Crippen LogP contribution in [0.5, 0.6) is 5.75 Å². The zero-order valence-electron chi connectivity index (χ0n) is 18.3. The van der Waals surface area contributed by atoms with Crippen molar-refractivity contribution < 1.29 is 9.53 Å². The number of aryl methyl sites for hydroxylation is 1. The van der Waals surface area contributed by atoms with Crippen molar-refractivity contribution in [2.24, 2.45) is 7.05 Å². The quantitative estimate of drug-likeness (QED) is 0.279. The molecule has 0 aliphatic carbocycles. The van der Waals surface area contributed by atoms with Gasteiger partial charge in [0.2, 0.25) is 5.91 Å². The molecule has 0 aliphatic heterocycles. The maximum atomic E-state index is 12.5. The summed E-state index contributed by atoms with van der Waals surface area (Å²) in [5, 5.41) is 14.5. The van der Waals surface area contributed by atoms with Crippen molar-refractivity contribution in [2.75, 3.05) is 11.1 Å². The first-order valence-electron chi connectivity index (χ1n) is 10.2. The summed E-state index contributed by atoms with van der Waals surface area (Å²) in [4.78, 5) is 17.0. The molecule has 4 aromatic rings. The number of halogens is 1. The molecular weight excluding hydrogens is 522 g/mol. The summed E-state index contributed by atoms with van der Waals surface area (Å²) in [6, 6.07) is 15.7. The van der Waals surface area contributed by atoms with Crippen LogP contribution in [-0.4, -0.2) is 31.4 Å². The van der Waals surface area contributed by atoms with Crippen molar-refractivity contribution in [3.63, 3.8) is 0 Å². The molecule has 0 fully saturated rings. The molecule has 1 atom stereocenters. The maximum absolute atomic E-state index is 12.5. The Balaban J connectivity index is 1.33. The van der Waals surface area contributed by atoms with Crippen LogP contribution in [0.4, 0.5) is 5.13 Å². The first-order valence-corrected chi connectivity index (χ1v) is 12.8. The number of para-hydroxylation sites is 1. The summed E-state index contributed by atoms with van der Waals surface area (Å²) < 4.78 is 8.92. The van der Waals surface area contributed by atoms with Crippen LogP contribution >= 0.6 is 39.0 Å². The highest BCUT2D eigenvalue weighted by Gasteiger charge is 2.19. The Morgan fingerprint density at radius 3 is 2.73 bits per heavy atom. The zero-order chi connectivity index (χ0) is 23.4. The Morgan fingerprint density at radius 2 is 1.97 bits per heavy atom. The number of thioether (sulfide) groups is 1. The Labute approximate surface area is 208 Å². The van der Waals surface area contributed by atoms with E-state index < -0.39 is 0 Å². The molecule has 2 aromatic heterocycles. The van der Waals surface area contributed by atoms with Gasteiger partial charge in [-0.1, -0.05) is 58.0 Å². The van der Waals surface area contributed by atoms with Crippen molar-refractivity contribution in [1.29, 1.82) is 0 Å². The summed E-state index contributed by atoms with van der Waals surface area (Å²) >= 11 is 6.15. The normalized spacial score (nSPS) is 11.9. The van der Waals surface area contributed by atoms with Crippen LogP contribution in [-0.2, 0) is 11.8 Å². The lowest BCUT2D eigenvalue weighted by molar-refractivity contribution is -0.113. The predicted octanol–water partition coefficient (Wildman–Crippen LogP) is 5.88. The van der Waals surface area contributed by atoms with Crippen LogP contribution in [0.25, 0.3) is 11.3 Å². The van der Waals surface area contributed by atoms with Crippen molar-refractivity contribution in [3.05, 3.63) is 69.8 Å². The number of aromatic nitrogens is 4. The van der Waals surface area contributed by atoms with Gasteiger partial charge in [0.05, 0.1) is 11.4 Å². The molecule has 1 unspecified atom stereocenters. The SMILES string of the molecule is Cc1ccccc1OC(C)c1nnc(SCC(=O)Nc2nc(-c3ccc(Br)cc3)cs2)n1C. The highest BCUT2D eigenvalue weighted by atomic mass is 79.9. The van der Waals surface area contributed by atoms with E-state index in [0.29, 0.717) is 16.1 Å². The summed E-state index contributed by atoms with van der Waals surface area (Å²) in [7, 11) is 1.87. The van der Waals surface area contributed by atoms with E-state index in [1.54, 1.807) is 0 Å². The topological polar surface area (TPSA) is 81.9 Å². The number of amides is 1. The molecule has 1 amide bonds. The number of benzene rings is 2. The molecule has 2 heterocycles. The number of carbonyl (C=O) groups is 1. The molecule has 1 N–H and O–H groups in total. The highest BCUT2D eigenvalue weighted by Crippen LogP contribution is 2.28. The molecule has 10 heteroatoms. The third-order valence-electron chi connectivity index (χ3n) is 4.85. The molecule has 0 bridgehead atoms. The largest absolute Gasteiger partial charge is 0.482 e. The van der Waals surface area contributed by atoms with Gasteiger partial charge in [-0.05, 0) is 37.6 Å². The average Bonchev–Trinajstić information content (AvgIpc) is 3.41. The fraction of sp³-hybridized carbons (Fsp3) is 0.217. The van der Waals surface area contributed by atoms with Crippen LogP contribution < -0.4 is 10.1 Å². The van der Waals surface area contributed by atoms with E-state index in [4.69, 9.17) is 4.74 Å². The monoisotopic (exact) mass is 543 g/mol. The fourth-order valence-corrected chi connectivity index (χ4v) is 4.83. The van der Waals surface area contributed by atoms with Crippen LogP contribution in [0.3, 0.4) is 0 Å². The zero-order valence-corrected chi connectivity index (χ0v) is 21.5. The van der Waals surface area contributed by atoms with Gasteiger partial charge in [-0.15, -0.1) is 21.5 Å². The molecular formula is C23H22BrN5O2S2. The number of rotatable bonds is 8. The van der Waals surface area contributed by atoms with E-state index in [1.165, 1.54) is 23.1 Å². The Morgan fingerprint density at radius 1 is 1.21 bits per heavy atom. The lowest BCUT2D eigenvalue weighted by atomic mass is 10.2. The van der Waals surface area contributed by atoms with Crippen LogP contribution in [0.15, 0.2) is 63.5 Å². The van der Waals surface area contributed by atoms with Crippen LogP contribution in [0, 0.1) is 6.92 Å². The second kappa shape index (κ2) is 10.5. The van der Waals surface area contributed by atoms with Gasteiger partial charge in [-0.2, -0.15) is 0 Å². The van der Waals surface area contributed by atoms with Gasteiger partial charge >= 0.3 is 0 Å². The number of thiazole rings is 1. The second-order valence-electron chi connectivity index (χ2n) is 7.31. The number of ether oxygens (including phenoxy) is 1. The van der Waals surface area contributed by atoms with Gasteiger partial charge in [-0.3, -0.25) is 4.79 Å². The van der Waals surface area contributed by atoms with E-state index in [1.807, 2.05) is 79.4 Å². The minimum atomic E-state index is -0.279. The van der Waals surface area contributed by atoms with Gasteiger partial charge in [0.25, 0.3) is 0 Å². The lowest BCUT2D eigenvalue weighted by Gasteiger charge is -2.15. The van der Waals surface area contributed by atoms with Crippen molar-refractivity contribution in [2.45, 2.75) is 25.1 Å². The Kier molecular flexibility index (Phi) is 7.46. The molecule has 33 heavy (non-hydrogen) atoms. The molecule has 0 saturated heterocycles. The number of hydrogen-bond donors (Lipinski definition) is 1. The second-order valence-corrected chi connectivity index (χ2v) is 10.0. The van der Waals surface area contributed by atoms with E-state index in [2.05, 4.69) is 36.4 Å². The molecule has 170 valence electrons. The number of carbonyl (C=O) groups excluding carboxylic acids is 1. The molecule has 0 spiro atoms. The van der Waals surface area contributed by atoms with E-state index in [9.17, 15) is 4.79 Å². The standard InChI is InChI=1S/C23H22BrN5O2S2/c1-14-6-4-5-7-19(14)31-15(2)21-27-28-23(29(21)3)33-13-20(30)26-22-25-18(12-32-22)16-8-10-17(24)11-9-16/h4-12,15H,13H2,1-3H3,(H,25,26,30). The minimum Gasteiger partial charge on any atom is -0.482 e. The molecule has 0 radical (unpaired) electrons.